The Morgan fingerprint density at radius 3 is 2.38 bits per heavy atom. The Kier molecular flexibility index (Phi) is 6.19. The van der Waals surface area contributed by atoms with Gasteiger partial charge in [-0.3, -0.25) is 0 Å². The van der Waals surface area contributed by atoms with E-state index in [9.17, 15) is 18.0 Å². The first-order chi connectivity index (χ1) is 13.9. The van der Waals surface area contributed by atoms with Gasteiger partial charge >= 0.3 is 12.2 Å². The number of hydrogen-bond donors (Lipinski definition) is 3. The molecule has 29 heavy (non-hydrogen) atoms. The van der Waals surface area contributed by atoms with Crippen molar-refractivity contribution in [2.24, 2.45) is 0 Å². The third-order valence-corrected chi connectivity index (χ3v) is 4.31. The first-order valence-electron chi connectivity index (χ1n) is 8.92. The maximum absolute atomic E-state index is 13.3. The number of aliphatic hydroxyl groups is 1. The van der Waals surface area contributed by atoms with Gasteiger partial charge in [-0.2, -0.15) is 13.2 Å². The summed E-state index contributed by atoms with van der Waals surface area (Å²) in [6.07, 6.45) is -4.09. The van der Waals surface area contributed by atoms with Crippen LogP contribution in [0.3, 0.4) is 0 Å². The fraction of sp³-hybridized carbons (Fsp3) is 0.136. The van der Waals surface area contributed by atoms with Gasteiger partial charge in [0.05, 0.1) is 5.56 Å². The lowest BCUT2D eigenvalue weighted by Crippen LogP contribution is -2.20. The lowest BCUT2D eigenvalue weighted by atomic mass is 9.99. The van der Waals surface area contributed by atoms with Gasteiger partial charge in [-0.05, 0) is 47.4 Å². The number of rotatable bonds is 5. The summed E-state index contributed by atoms with van der Waals surface area (Å²) in [4.78, 5) is 12.3. The number of amides is 2. The molecule has 3 aromatic carbocycles. The van der Waals surface area contributed by atoms with Crippen molar-refractivity contribution in [3.8, 4) is 11.1 Å². The molecule has 0 aliphatic rings. The van der Waals surface area contributed by atoms with Gasteiger partial charge < -0.3 is 15.7 Å². The smallest absolute Gasteiger partial charge is 0.396 e. The van der Waals surface area contributed by atoms with Gasteiger partial charge in [-0.1, -0.05) is 48.5 Å². The molecule has 3 rings (SSSR count). The summed E-state index contributed by atoms with van der Waals surface area (Å²) >= 11 is 0. The number of carbonyl (C=O) groups is 1. The molecule has 0 radical (unpaired) electrons. The topological polar surface area (TPSA) is 61.4 Å². The van der Waals surface area contributed by atoms with Gasteiger partial charge in [-0.25, -0.2) is 4.79 Å². The third-order valence-electron chi connectivity index (χ3n) is 4.31. The Morgan fingerprint density at radius 2 is 1.62 bits per heavy atom. The average molecular weight is 400 g/mol. The zero-order valence-corrected chi connectivity index (χ0v) is 15.3. The van der Waals surface area contributed by atoms with Crippen LogP contribution >= 0.6 is 0 Å². The Morgan fingerprint density at radius 1 is 0.897 bits per heavy atom. The minimum Gasteiger partial charge on any atom is -0.396 e. The second-order valence-corrected chi connectivity index (χ2v) is 6.33. The Hall–Kier alpha value is -3.32. The van der Waals surface area contributed by atoms with E-state index in [1.54, 1.807) is 42.5 Å². The molecule has 0 spiro atoms. The number of para-hydroxylation sites is 1. The van der Waals surface area contributed by atoms with Crippen molar-refractivity contribution in [3.63, 3.8) is 0 Å². The van der Waals surface area contributed by atoms with Gasteiger partial charge in [0.15, 0.2) is 0 Å². The number of carbonyl (C=O) groups excluding carboxylic acids is 1. The molecular formula is C22H19F3N2O2. The van der Waals surface area contributed by atoms with E-state index in [0.29, 0.717) is 23.4 Å². The average Bonchev–Trinajstić information content (AvgIpc) is 2.69. The van der Waals surface area contributed by atoms with E-state index in [0.717, 1.165) is 11.6 Å². The van der Waals surface area contributed by atoms with Gasteiger partial charge in [0, 0.05) is 18.0 Å². The number of nitrogens with one attached hydrogen (secondary N) is 2. The molecular weight excluding hydrogens is 381 g/mol. The lowest BCUT2D eigenvalue weighted by Gasteiger charge is -2.14. The largest absolute Gasteiger partial charge is 0.417 e. The van der Waals surface area contributed by atoms with Gasteiger partial charge in [0.1, 0.15) is 0 Å². The standard InChI is InChI=1S/C22H19F3N2O2/c23-22(24,25)19-10-3-2-9-18(19)16-7-5-8-17(14-16)26-21(29)27-20-11-4-1-6-15(20)12-13-28/h1-11,14,28H,12-13H2,(H2,26,27,29). The van der Waals surface area contributed by atoms with E-state index < -0.39 is 17.8 Å². The van der Waals surface area contributed by atoms with Crippen LogP contribution in [0.4, 0.5) is 29.3 Å². The van der Waals surface area contributed by atoms with E-state index in [1.165, 1.54) is 24.3 Å². The van der Waals surface area contributed by atoms with Crippen molar-refractivity contribution in [2.45, 2.75) is 12.6 Å². The van der Waals surface area contributed by atoms with Crippen LogP contribution in [0, 0.1) is 0 Å². The highest BCUT2D eigenvalue weighted by Gasteiger charge is 2.33. The highest BCUT2D eigenvalue weighted by atomic mass is 19.4. The fourth-order valence-corrected chi connectivity index (χ4v) is 3.01. The zero-order valence-electron chi connectivity index (χ0n) is 15.3. The molecule has 0 heterocycles. The molecule has 0 atom stereocenters. The van der Waals surface area contributed by atoms with Crippen LogP contribution in [0.25, 0.3) is 11.1 Å². The molecule has 3 aromatic rings. The first kappa shape index (κ1) is 20.4. The Bertz CT molecular complexity index is 1000. The summed E-state index contributed by atoms with van der Waals surface area (Å²) in [5, 5.41) is 14.5. The van der Waals surface area contributed by atoms with Crippen molar-refractivity contribution in [2.75, 3.05) is 17.2 Å². The first-order valence-corrected chi connectivity index (χ1v) is 8.92. The quantitative estimate of drug-likeness (QED) is 0.526. The molecule has 0 aliphatic carbocycles. The number of halogens is 3. The maximum atomic E-state index is 13.3. The molecule has 7 heteroatoms. The summed E-state index contributed by atoms with van der Waals surface area (Å²) < 4.78 is 39.9. The molecule has 150 valence electrons. The molecule has 0 saturated heterocycles. The predicted molar refractivity (Wildman–Crippen MR) is 107 cm³/mol. The number of urea groups is 1. The van der Waals surface area contributed by atoms with E-state index in [2.05, 4.69) is 10.6 Å². The summed E-state index contributed by atoms with van der Waals surface area (Å²) in [7, 11) is 0. The Labute approximate surface area is 166 Å². The van der Waals surface area contributed by atoms with Gasteiger partial charge in [0.2, 0.25) is 0 Å². The summed E-state index contributed by atoms with van der Waals surface area (Å²) in [6, 6.07) is 18.1. The van der Waals surface area contributed by atoms with Crippen LogP contribution in [-0.2, 0) is 12.6 Å². The van der Waals surface area contributed by atoms with Crippen LogP contribution < -0.4 is 10.6 Å². The predicted octanol–water partition coefficient (Wildman–Crippen LogP) is 5.55. The molecule has 4 nitrogen and oxygen atoms in total. The molecule has 3 N–H and O–H groups in total. The van der Waals surface area contributed by atoms with E-state index >= 15 is 0 Å². The second-order valence-electron chi connectivity index (χ2n) is 6.33. The van der Waals surface area contributed by atoms with Crippen molar-refractivity contribution >= 4 is 17.4 Å². The summed E-state index contributed by atoms with van der Waals surface area (Å²) in [5.41, 5.74) is 1.33. The molecule has 0 saturated carbocycles. The highest BCUT2D eigenvalue weighted by Crippen LogP contribution is 2.37. The molecule has 0 fully saturated rings. The number of hydrogen-bond acceptors (Lipinski definition) is 2. The van der Waals surface area contributed by atoms with Crippen LogP contribution in [0.15, 0.2) is 72.8 Å². The highest BCUT2D eigenvalue weighted by molar-refractivity contribution is 6.00. The van der Waals surface area contributed by atoms with E-state index in [-0.39, 0.29) is 12.2 Å². The monoisotopic (exact) mass is 400 g/mol. The third kappa shape index (κ3) is 5.14. The molecule has 0 bridgehead atoms. The number of anilines is 2. The van der Waals surface area contributed by atoms with Crippen LogP contribution in [0.5, 0.6) is 0 Å². The fourth-order valence-electron chi connectivity index (χ4n) is 3.01. The minimum absolute atomic E-state index is 0.0392. The van der Waals surface area contributed by atoms with Gasteiger partial charge in [-0.15, -0.1) is 0 Å². The van der Waals surface area contributed by atoms with Crippen LogP contribution in [0.2, 0.25) is 0 Å². The van der Waals surface area contributed by atoms with Crippen molar-refractivity contribution in [3.05, 3.63) is 83.9 Å². The lowest BCUT2D eigenvalue weighted by molar-refractivity contribution is -0.137. The Balaban J connectivity index is 1.80. The van der Waals surface area contributed by atoms with Gasteiger partial charge in [0.25, 0.3) is 0 Å². The second kappa shape index (κ2) is 8.79. The number of benzene rings is 3. The number of alkyl halides is 3. The zero-order chi connectivity index (χ0) is 20.9. The molecule has 0 unspecified atom stereocenters. The van der Waals surface area contributed by atoms with E-state index in [1.807, 2.05) is 0 Å². The van der Waals surface area contributed by atoms with E-state index in [4.69, 9.17) is 5.11 Å². The molecule has 2 amide bonds. The normalized spacial score (nSPS) is 11.2. The number of aliphatic hydroxyl groups excluding tert-OH is 1. The van der Waals surface area contributed by atoms with Crippen LogP contribution in [0.1, 0.15) is 11.1 Å². The summed E-state index contributed by atoms with van der Waals surface area (Å²) in [6.45, 7) is -0.0546. The molecule has 0 aromatic heterocycles. The van der Waals surface area contributed by atoms with Crippen LogP contribution in [-0.4, -0.2) is 17.7 Å². The summed E-state index contributed by atoms with van der Waals surface area (Å²) in [5.74, 6) is 0. The van der Waals surface area contributed by atoms with Crippen molar-refractivity contribution in [1.29, 1.82) is 0 Å². The maximum Gasteiger partial charge on any atom is 0.417 e. The molecule has 0 aliphatic heterocycles. The van der Waals surface area contributed by atoms with Crippen molar-refractivity contribution in [1.82, 2.24) is 0 Å². The SMILES string of the molecule is O=C(Nc1cccc(-c2ccccc2C(F)(F)F)c1)Nc1ccccc1CCO. The minimum atomic E-state index is -4.48. The van der Waals surface area contributed by atoms with Crippen molar-refractivity contribution < 1.29 is 23.1 Å².